The predicted octanol–water partition coefficient (Wildman–Crippen LogP) is 1.71. The molecule has 0 bridgehead atoms. The number of carbonyl (C=O) groups excluding carboxylic acids is 1. The number of aromatic carboxylic acids is 1. The van der Waals surface area contributed by atoms with Gasteiger partial charge in [0.2, 0.25) is 0 Å². The minimum atomic E-state index is -1.16. The van der Waals surface area contributed by atoms with Gasteiger partial charge in [-0.25, -0.2) is 4.79 Å². The molecule has 1 heterocycles. The Balaban J connectivity index is 1.90. The van der Waals surface area contributed by atoms with Crippen molar-refractivity contribution in [3.05, 3.63) is 28.8 Å². The van der Waals surface area contributed by atoms with Crippen molar-refractivity contribution in [3.8, 4) is 5.75 Å². The molecule has 2 rings (SSSR count). The van der Waals surface area contributed by atoms with E-state index in [1.165, 1.54) is 18.2 Å². The molecule has 0 saturated carbocycles. The van der Waals surface area contributed by atoms with Gasteiger partial charge in [0.15, 0.2) is 6.61 Å². The number of rotatable bonds is 5. The number of nitrogens with one attached hydrogen (secondary N) is 1. The van der Waals surface area contributed by atoms with Crippen LogP contribution in [0.5, 0.6) is 5.75 Å². The minimum absolute atomic E-state index is 0.0682. The van der Waals surface area contributed by atoms with Gasteiger partial charge in [0.05, 0.1) is 0 Å². The number of carbonyl (C=O) groups is 2. The van der Waals surface area contributed by atoms with E-state index in [-0.39, 0.29) is 29.9 Å². The highest BCUT2D eigenvalue weighted by Gasteiger charge is 2.17. The SMILES string of the molecule is O=C(COc1ccc(Cl)cc1C(=O)O)NC1CCOCC1. The summed E-state index contributed by atoms with van der Waals surface area (Å²) in [5.74, 6) is -1.32. The molecule has 0 aromatic heterocycles. The number of hydrogen-bond donors (Lipinski definition) is 2. The summed E-state index contributed by atoms with van der Waals surface area (Å²) in [7, 11) is 0. The van der Waals surface area contributed by atoms with E-state index in [0.29, 0.717) is 18.2 Å². The Hall–Kier alpha value is -1.79. The van der Waals surface area contributed by atoms with Crippen LogP contribution in [-0.4, -0.2) is 42.8 Å². The van der Waals surface area contributed by atoms with Crippen LogP contribution in [0.1, 0.15) is 23.2 Å². The van der Waals surface area contributed by atoms with Crippen molar-refractivity contribution in [1.82, 2.24) is 5.32 Å². The van der Waals surface area contributed by atoms with E-state index in [0.717, 1.165) is 12.8 Å². The monoisotopic (exact) mass is 313 g/mol. The van der Waals surface area contributed by atoms with E-state index in [4.69, 9.17) is 26.2 Å². The fourth-order valence-electron chi connectivity index (χ4n) is 2.05. The summed E-state index contributed by atoms with van der Waals surface area (Å²) in [6.07, 6.45) is 1.54. The quantitative estimate of drug-likeness (QED) is 0.864. The largest absolute Gasteiger partial charge is 0.483 e. The maximum absolute atomic E-state index is 11.8. The first-order chi connectivity index (χ1) is 10.1. The molecule has 6 nitrogen and oxygen atoms in total. The summed E-state index contributed by atoms with van der Waals surface area (Å²) in [6, 6.07) is 4.32. The number of carboxylic acid groups (broad SMARTS) is 1. The van der Waals surface area contributed by atoms with Gasteiger partial charge in [-0.3, -0.25) is 4.79 Å². The molecule has 1 aromatic rings. The van der Waals surface area contributed by atoms with Crippen LogP contribution < -0.4 is 10.1 Å². The minimum Gasteiger partial charge on any atom is -0.483 e. The van der Waals surface area contributed by atoms with Gasteiger partial charge in [0.1, 0.15) is 11.3 Å². The van der Waals surface area contributed by atoms with Gasteiger partial charge in [-0.05, 0) is 31.0 Å². The molecule has 0 radical (unpaired) electrons. The summed E-state index contributed by atoms with van der Waals surface area (Å²) >= 11 is 5.74. The van der Waals surface area contributed by atoms with E-state index in [1.807, 2.05) is 0 Å². The van der Waals surface area contributed by atoms with Crippen molar-refractivity contribution in [2.75, 3.05) is 19.8 Å². The lowest BCUT2D eigenvalue weighted by atomic mass is 10.1. The lowest BCUT2D eigenvalue weighted by Gasteiger charge is -2.23. The normalized spacial score (nSPS) is 15.5. The molecule has 2 N–H and O–H groups in total. The molecule has 7 heteroatoms. The number of amides is 1. The van der Waals surface area contributed by atoms with Crippen LogP contribution in [0.15, 0.2) is 18.2 Å². The molecule has 0 unspecified atom stereocenters. The lowest BCUT2D eigenvalue weighted by Crippen LogP contribution is -2.41. The Morgan fingerprint density at radius 2 is 2.10 bits per heavy atom. The van der Waals surface area contributed by atoms with Crippen LogP contribution in [0.25, 0.3) is 0 Å². The van der Waals surface area contributed by atoms with Crippen molar-refractivity contribution in [2.45, 2.75) is 18.9 Å². The van der Waals surface area contributed by atoms with Crippen LogP contribution in [0.3, 0.4) is 0 Å². The van der Waals surface area contributed by atoms with E-state index >= 15 is 0 Å². The predicted molar refractivity (Wildman–Crippen MR) is 75.9 cm³/mol. The highest BCUT2D eigenvalue weighted by Crippen LogP contribution is 2.22. The fourth-order valence-corrected chi connectivity index (χ4v) is 2.22. The van der Waals surface area contributed by atoms with Crippen molar-refractivity contribution in [1.29, 1.82) is 0 Å². The number of ether oxygens (including phenoxy) is 2. The van der Waals surface area contributed by atoms with E-state index in [2.05, 4.69) is 5.32 Å². The van der Waals surface area contributed by atoms with Gasteiger partial charge in [-0.2, -0.15) is 0 Å². The molecule has 0 aliphatic carbocycles. The Labute approximate surface area is 127 Å². The highest BCUT2D eigenvalue weighted by molar-refractivity contribution is 6.31. The second-order valence-electron chi connectivity index (χ2n) is 4.69. The fraction of sp³-hybridized carbons (Fsp3) is 0.429. The maximum Gasteiger partial charge on any atom is 0.339 e. The Morgan fingerprint density at radius 1 is 1.38 bits per heavy atom. The zero-order chi connectivity index (χ0) is 15.2. The van der Waals surface area contributed by atoms with Crippen molar-refractivity contribution in [2.24, 2.45) is 0 Å². The van der Waals surface area contributed by atoms with E-state index in [1.54, 1.807) is 0 Å². The third kappa shape index (κ3) is 4.61. The van der Waals surface area contributed by atoms with Crippen LogP contribution in [0.2, 0.25) is 5.02 Å². The molecule has 114 valence electrons. The smallest absolute Gasteiger partial charge is 0.339 e. The number of carboxylic acids is 1. The number of halogens is 1. The maximum atomic E-state index is 11.8. The molecule has 1 saturated heterocycles. The van der Waals surface area contributed by atoms with Crippen molar-refractivity contribution >= 4 is 23.5 Å². The van der Waals surface area contributed by atoms with Crippen LogP contribution in [0, 0.1) is 0 Å². The molecule has 1 aliphatic heterocycles. The third-order valence-corrected chi connectivity index (χ3v) is 3.35. The summed E-state index contributed by atoms with van der Waals surface area (Å²) in [5.41, 5.74) is -0.0682. The molecule has 21 heavy (non-hydrogen) atoms. The summed E-state index contributed by atoms with van der Waals surface area (Å²) in [6.45, 7) is 1.03. The van der Waals surface area contributed by atoms with Gasteiger partial charge in [0.25, 0.3) is 5.91 Å². The van der Waals surface area contributed by atoms with E-state index in [9.17, 15) is 9.59 Å². The van der Waals surface area contributed by atoms with Crippen molar-refractivity contribution in [3.63, 3.8) is 0 Å². The van der Waals surface area contributed by atoms with Gasteiger partial charge in [-0.1, -0.05) is 11.6 Å². The molecule has 0 atom stereocenters. The second-order valence-corrected chi connectivity index (χ2v) is 5.12. The zero-order valence-electron chi connectivity index (χ0n) is 11.3. The average Bonchev–Trinajstić information content (AvgIpc) is 2.47. The second kappa shape index (κ2) is 7.28. The van der Waals surface area contributed by atoms with Gasteiger partial charge in [-0.15, -0.1) is 0 Å². The summed E-state index contributed by atoms with van der Waals surface area (Å²) in [4.78, 5) is 22.9. The summed E-state index contributed by atoms with van der Waals surface area (Å²) in [5, 5.41) is 12.2. The average molecular weight is 314 g/mol. The lowest BCUT2D eigenvalue weighted by molar-refractivity contribution is -0.124. The first kappa shape index (κ1) is 15.6. The summed E-state index contributed by atoms with van der Waals surface area (Å²) < 4.78 is 10.5. The first-order valence-electron chi connectivity index (χ1n) is 6.59. The molecule has 0 spiro atoms. The molecule has 1 aliphatic rings. The Kier molecular flexibility index (Phi) is 5.41. The standard InChI is InChI=1S/C14H16ClNO5/c15-9-1-2-12(11(7-9)14(18)19)21-8-13(17)16-10-3-5-20-6-4-10/h1-2,7,10H,3-6,8H2,(H,16,17)(H,18,19). The first-order valence-corrected chi connectivity index (χ1v) is 6.97. The van der Waals surface area contributed by atoms with Crippen LogP contribution in [-0.2, 0) is 9.53 Å². The highest BCUT2D eigenvalue weighted by atomic mass is 35.5. The third-order valence-electron chi connectivity index (χ3n) is 3.12. The molecule has 1 fully saturated rings. The molecule has 1 aromatic carbocycles. The van der Waals surface area contributed by atoms with Crippen molar-refractivity contribution < 1.29 is 24.2 Å². The van der Waals surface area contributed by atoms with Crippen LogP contribution >= 0.6 is 11.6 Å². The van der Waals surface area contributed by atoms with Gasteiger partial charge < -0.3 is 19.9 Å². The molecular formula is C14H16ClNO5. The van der Waals surface area contributed by atoms with Crippen LogP contribution in [0.4, 0.5) is 0 Å². The molecule has 1 amide bonds. The topological polar surface area (TPSA) is 84.9 Å². The van der Waals surface area contributed by atoms with E-state index < -0.39 is 5.97 Å². The number of benzene rings is 1. The zero-order valence-corrected chi connectivity index (χ0v) is 12.1. The Bertz CT molecular complexity index is 528. The number of hydrogen-bond acceptors (Lipinski definition) is 4. The molecular weight excluding hydrogens is 298 g/mol. The van der Waals surface area contributed by atoms with Gasteiger partial charge in [0, 0.05) is 24.3 Å². The Morgan fingerprint density at radius 3 is 2.76 bits per heavy atom. The van der Waals surface area contributed by atoms with Gasteiger partial charge >= 0.3 is 5.97 Å².